The molecule has 0 aromatic rings. The van der Waals surface area contributed by atoms with Crippen LogP contribution in [-0.2, 0) is 9.53 Å². The quantitative estimate of drug-likeness (QED) is 0.720. The van der Waals surface area contributed by atoms with Gasteiger partial charge in [-0.15, -0.1) is 0 Å². The molecule has 0 radical (unpaired) electrons. The van der Waals surface area contributed by atoms with Crippen molar-refractivity contribution < 1.29 is 24.5 Å². The molecule has 2 N–H and O–H groups in total. The van der Waals surface area contributed by atoms with E-state index in [9.17, 15) is 14.7 Å². The molecular formula is C11H20N2O5. The van der Waals surface area contributed by atoms with Gasteiger partial charge in [0, 0.05) is 13.6 Å². The van der Waals surface area contributed by atoms with Gasteiger partial charge in [-0.25, -0.2) is 9.59 Å². The molecule has 1 saturated heterocycles. The minimum atomic E-state index is -1.30. The number of morpholine rings is 1. The van der Waals surface area contributed by atoms with Gasteiger partial charge in [0.2, 0.25) is 0 Å². The largest absolute Gasteiger partial charge is 0.480 e. The standard InChI is InChI=1S/C11H20N2O5/c1-11(2,9(15)16)12(3)10(17)13-4-5-18-7-8(13)6-14/h8,14H,4-7H2,1-3H3,(H,15,16). The Balaban J connectivity index is 2.82. The molecule has 0 aromatic heterocycles. The summed E-state index contributed by atoms with van der Waals surface area (Å²) in [7, 11) is 1.44. The number of urea groups is 1. The van der Waals surface area contributed by atoms with Crippen LogP contribution in [0.25, 0.3) is 0 Å². The van der Waals surface area contributed by atoms with Crippen LogP contribution in [-0.4, -0.2) is 77.0 Å². The fourth-order valence-electron chi connectivity index (χ4n) is 1.63. The van der Waals surface area contributed by atoms with Crippen LogP contribution in [0.1, 0.15) is 13.8 Å². The van der Waals surface area contributed by atoms with E-state index in [1.807, 2.05) is 0 Å². The fraction of sp³-hybridized carbons (Fsp3) is 0.818. The molecule has 7 heteroatoms. The molecule has 0 aliphatic carbocycles. The molecule has 104 valence electrons. The van der Waals surface area contributed by atoms with Crippen LogP contribution < -0.4 is 0 Å². The highest BCUT2D eigenvalue weighted by molar-refractivity contribution is 5.85. The van der Waals surface area contributed by atoms with E-state index in [4.69, 9.17) is 9.84 Å². The summed E-state index contributed by atoms with van der Waals surface area (Å²) in [5, 5.41) is 18.3. The third kappa shape index (κ3) is 2.73. The Morgan fingerprint density at radius 2 is 2.11 bits per heavy atom. The summed E-state index contributed by atoms with van der Waals surface area (Å²) < 4.78 is 5.18. The lowest BCUT2D eigenvalue weighted by molar-refractivity contribution is -0.147. The Morgan fingerprint density at radius 1 is 1.50 bits per heavy atom. The minimum Gasteiger partial charge on any atom is -0.480 e. The van der Waals surface area contributed by atoms with Crippen LogP contribution in [0, 0.1) is 0 Å². The average molecular weight is 260 g/mol. The molecule has 1 unspecified atom stereocenters. The molecule has 1 aliphatic heterocycles. The molecule has 18 heavy (non-hydrogen) atoms. The van der Waals surface area contributed by atoms with Gasteiger partial charge in [0.15, 0.2) is 0 Å². The van der Waals surface area contributed by atoms with E-state index >= 15 is 0 Å². The van der Waals surface area contributed by atoms with E-state index in [2.05, 4.69) is 0 Å². The molecular weight excluding hydrogens is 240 g/mol. The van der Waals surface area contributed by atoms with Gasteiger partial charge in [0.1, 0.15) is 5.54 Å². The highest BCUT2D eigenvalue weighted by atomic mass is 16.5. The van der Waals surface area contributed by atoms with E-state index in [0.717, 1.165) is 0 Å². The monoisotopic (exact) mass is 260 g/mol. The summed E-state index contributed by atoms with van der Waals surface area (Å²) in [4.78, 5) is 26.0. The van der Waals surface area contributed by atoms with E-state index in [1.165, 1.54) is 30.7 Å². The molecule has 0 saturated carbocycles. The zero-order valence-corrected chi connectivity index (χ0v) is 10.9. The Bertz CT molecular complexity index is 331. The van der Waals surface area contributed by atoms with Crippen molar-refractivity contribution in [3.8, 4) is 0 Å². The Morgan fingerprint density at radius 3 is 2.61 bits per heavy atom. The van der Waals surface area contributed by atoms with Crippen LogP contribution >= 0.6 is 0 Å². The first-order chi connectivity index (χ1) is 8.32. The number of aliphatic carboxylic acids is 1. The van der Waals surface area contributed by atoms with E-state index < -0.39 is 23.6 Å². The maximum atomic E-state index is 12.2. The summed E-state index contributed by atoms with van der Waals surface area (Å²) in [6.45, 7) is 3.73. The number of aliphatic hydroxyl groups is 1. The maximum Gasteiger partial charge on any atom is 0.329 e. The molecule has 0 bridgehead atoms. The van der Waals surface area contributed by atoms with Gasteiger partial charge in [0.25, 0.3) is 0 Å². The summed E-state index contributed by atoms with van der Waals surface area (Å²) in [6.07, 6.45) is 0. The molecule has 1 atom stereocenters. The lowest BCUT2D eigenvalue weighted by Crippen LogP contribution is -2.60. The molecule has 1 rings (SSSR count). The Hall–Kier alpha value is -1.34. The van der Waals surface area contributed by atoms with Gasteiger partial charge in [-0.3, -0.25) is 0 Å². The van der Waals surface area contributed by atoms with Gasteiger partial charge in [-0.2, -0.15) is 0 Å². The number of carbonyl (C=O) groups is 2. The Kier molecular flexibility index (Phi) is 4.53. The van der Waals surface area contributed by atoms with Crippen LogP contribution in [0.2, 0.25) is 0 Å². The zero-order chi connectivity index (χ0) is 13.9. The maximum absolute atomic E-state index is 12.2. The number of likely N-dealkylation sites (N-methyl/N-ethyl adjacent to an activating group) is 1. The SMILES string of the molecule is CN(C(=O)N1CCOCC1CO)C(C)(C)C(=O)O. The van der Waals surface area contributed by atoms with Gasteiger partial charge in [0.05, 0.1) is 25.9 Å². The number of rotatable bonds is 3. The van der Waals surface area contributed by atoms with Crippen molar-refractivity contribution in [1.82, 2.24) is 9.80 Å². The highest BCUT2D eigenvalue weighted by Crippen LogP contribution is 2.17. The highest BCUT2D eigenvalue weighted by Gasteiger charge is 2.39. The van der Waals surface area contributed by atoms with Crippen LogP contribution in [0.5, 0.6) is 0 Å². The van der Waals surface area contributed by atoms with Crippen molar-refractivity contribution >= 4 is 12.0 Å². The predicted molar refractivity (Wildman–Crippen MR) is 63.3 cm³/mol. The summed E-state index contributed by atoms with van der Waals surface area (Å²) in [6, 6.07) is -0.831. The van der Waals surface area contributed by atoms with Crippen molar-refractivity contribution in [3.63, 3.8) is 0 Å². The predicted octanol–water partition coefficient (Wildman–Crippen LogP) is -0.405. The topological polar surface area (TPSA) is 90.3 Å². The minimum absolute atomic E-state index is 0.201. The van der Waals surface area contributed by atoms with Crippen molar-refractivity contribution in [2.24, 2.45) is 0 Å². The summed E-state index contributed by atoms with van der Waals surface area (Å²) in [5.41, 5.74) is -1.30. The van der Waals surface area contributed by atoms with Crippen LogP contribution in [0.4, 0.5) is 4.79 Å². The second kappa shape index (κ2) is 5.53. The first kappa shape index (κ1) is 14.7. The van der Waals surface area contributed by atoms with Gasteiger partial charge in [-0.05, 0) is 13.8 Å². The zero-order valence-electron chi connectivity index (χ0n) is 10.9. The average Bonchev–Trinajstić information content (AvgIpc) is 2.36. The number of carboxylic acid groups (broad SMARTS) is 1. The summed E-state index contributed by atoms with van der Waals surface area (Å²) in [5.74, 6) is -1.08. The van der Waals surface area contributed by atoms with Crippen LogP contribution in [0.3, 0.4) is 0 Å². The number of ether oxygens (including phenoxy) is 1. The molecule has 0 aromatic carbocycles. The molecule has 1 aliphatic rings. The molecule has 0 spiro atoms. The van der Waals surface area contributed by atoms with E-state index in [1.54, 1.807) is 0 Å². The van der Waals surface area contributed by atoms with Crippen molar-refractivity contribution in [1.29, 1.82) is 0 Å². The number of hydrogen-bond acceptors (Lipinski definition) is 4. The molecule has 2 amide bonds. The molecule has 1 fully saturated rings. The Labute approximate surface area is 106 Å². The van der Waals surface area contributed by atoms with E-state index in [0.29, 0.717) is 13.2 Å². The third-order valence-corrected chi connectivity index (χ3v) is 3.33. The number of nitrogens with zero attached hydrogens (tertiary/aromatic N) is 2. The molecule has 7 nitrogen and oxygen atoms in total. The second-order valence-electron chi connectivity index (χ2n) is 4.81. The fourth-order valence-corrected chi connectivity index (χ4v) is 1.63. The number of amides is 2. The second-order valence-corrected chi connectivity index (χ2v) is 4.81. The van der Waals surface area contributed by atoms with Gasteiger partial charge < -0.3 is 24.7 Å². The van der Waals surface area contributed by atoms with Crippen molar-refractivity contribution in [3.05, 3.63) is 0 Å². The summed E-state index contributed by atoms with van der Waals surface area (Å²) >= 11 is 0. The third-order valence-electron chi connectivity index (χ3n) is 3.33. The van der Waals surface area contributed by atoms with Gasteiger partial charge in [-0.1, -0.05) is 0 Å². The first-order valence-electron chi connectivity index (χ1n) is 5.78. The first-order valence-corrected chi connectivity index (χ1v) is 5.78. The lowest BCUT2D eigenvalue weighted by Gasteiger charge is -2.40. The normalized spacial score (nSPS) is 20.7. The molecule has 1 heterocycles. The van der Waals surface area contributed by atoms with Crippen molar-refractivity contribution in [2.45, 2.75) is 25.4 Å². The number of carboxylic acids is 1. The van der Waals surface area contributed by atoms with Crippen molar-refractivity contribution in [2.75, 3.05) is 33.4 Å². The number of carbonyl (C=O) groups excluding carboxylic acids is 1. The van der Waals surface area contributed by atoms with Crippen LogP contribution in [0.15, 0.2) is 0 Å². The lowest BCUT2D eigenvalue weighted by atomic mass is 10.0. The smallest absolute Gasteiger partial charge is 0.329 e. The van der Waals surface area contributed by atoms with Gasteiger partial charge >= 0.3 is 12.0 Å². The van der Waals surface area contributed by atoms with E-state index in [-0.39, 0.29) is 13.2 Å². The number of aliphatic hydroxyl groups excluding tert-OH is 1. The number of hydrogen-bond donors (Lipinski definition) is 2.